The van der Waals surface area contributed by atoms with Crippen LogP contribution in [0, 0.1) is 0 Å². The summed E-state index contributed by atoms with van der Waals surface area (Å²) in [6.07, 6.45) is -1.48. The molecule has 0 radical (unpaired) electrons. The number of benzene rings is 3. The van der Waals surface area contributed by atoms with Crippen molar-refractivity contribution in [3.63, 3.8) is 0 Å². The highest BCUT2D eigenvalue weighted by Gasteiger charge is 2.31. The molecule has 0 aliphatic heterocycles. The summed E-state index contributed by atoms with van der Waals surface area (Å²) in [6.45, 7) is 5.06. The summed E-state index contributed by atoms with van der Waals surface area (Å²) < 4.78 is 16.7. The first-order chi connectivity index (χ1) is 22.8. The lowest BCUT2D eigenvalue weighted by molar-refractivity contribution is -0.134. The van der Waals surface area contributed by atoms with Crippen molar-refractivity contribution < 1.29 is 38.2 Å². The largest absolute Gasteiger partial charge is 0.489 e. The highest BCUT2D eigenvalue weighted by atomic mass is 16.6. The number of ether oxygens (including phenoxy) is 3. The molecular formula is C35H43N5O8. The van der Waals surface area contributed by atoms with Crippen molar-refractivity contribution in [3.05, 3.63) is 102 Å². The minimum atomic E-state index is -1.46. The maximum absolute atomic E-state index is 13.5. The number of primary amides is 2. The molecule has 0 aliphatic carbocycles. The summed E-state index contributed by atoms with van der Waals surface area (Å²) in [5, 5.41) is 7.40. The molecular weight excluding hydrogens is 618 g/mol. The van der Waals surface area contributed by atoms with E-state index >= 15 is 0 Å². The molecule has 0 fully saturated rings. The topological polar surface area (TPSA) is 201 Å². The summed E-state index contributed by atoms with van der Waals surface area (Å²) in [6, 6.07) is 21.8. The summed E-state index contributed by atoms with van der Waals surface area (Å²) >= 11 is 0. The molecule has 3 aromatic rings. The van der Waals surface area contributed by atoms with Gasteiger partial charge in [0.2, 0.25) is 23.6 Å². The fourth-order valence-electron chi connectivity index (χ4n) is 4.38. The first-order valence-electron chi connectivity index (χ1n) is 15.3. The molecule has 13 heteroatoms. The van der Waals surface area contributed by atoms with Gasteiger partial charge in [0, 0.05) is 6.42 Å². The van der Waals surface area contributed by atoms with Gasteiger partial charge in [-0.05, 0) is 49.6 Å². The van der Waals surface area contributed by atoms with Gasteiger partial charge in [-0.25, -0.2) is 4.79 Å². The number of nitrogens with two attached hydrogens (primary N) is 2. The van der Waals surface area contributed by atoms with Gasteiger partial charge < -0.3 is 41.6 Å². The number of rotatable bonds is 17. The number of amides is 5. The van der Waals surface area contributed by atoms with Crippen LogP contribution in [0.2, 0.25) is 0 Å². The van der Waals surface area contributed by atoms with Crippen molar-refractivity contribution in [1.29, 1.82) is 0 Å². The van der Waals surface area contributed by atoms with E-state index < -0.39 is 59.9 Å². The molecule has 3 atom stereocenters. The Balaban J connectivity index is 1.71. The molecule has 7 N–H and O–H groups in total. The zero-order valence-electron chi connectivity index (χ0n) is 27.3. The quantitative estimate of drug-likeness (QED) is 0.145. The minimum absolute atomic E-state index is 0.0517. The van der Waals surface area contributed by atoms with Gasteiger partial charge in [0.25, 0.3) is 0 Å². The van der Waals surface area contributed by atoms with Crippen LogP contribution in [-0.2, 0) is 48.3 Å². The molecule has 3 rings (SSSR count). The Morgan fingerprint density at radius 3 is 1.75 bits per heavy atom. The monoisotopic (exact) mass is 661 g/mol. The zero-order valence-corrected chi connectivity index (χ0v) is 27.3. The molecule has 3 aromatic carbocycles. The number of hydrogen-bond donors (Lipinski definition) is 5. The van der Waals surface area contributed by atoms with Crippen molar-refractivity contribution in [3.8, 4) is 5.75 Å². The van der Waals surface area contributed by atoms with Gasteiger partial charge in [-0.1, -0.05) is 72.8 Å². The molecule has 0 aliphatic rings. The second kappa shape index (κ2) is 18.0. The average Bonchev–Trinajstić information content (AvgIpc) is 3.03. The zero-order chi connectivity index (χ0) is 35.1. The number of hydrogen-bond acceptors (Lipinski definition) is 8. The van der Waals surface area contributed by atoms with Crippen molar-refractivity contribution in [2.45, 2.75) is 70.6 Å². The van der Waals surface area contributed by atoms with E-state index in [-0.39, 0.29) is 19.6 Å². The van der Waals surface area contributed by atoms with Crippen LogP contribution >= 0.6 is 0 Å². The molecule has 0 spiro atoms. The number of carbonyl (C=O) groups is 5. The number of alkyl carbamates (subject to hydrolysis) is 1. The van der Waals surface area contributed by atoms with Crippen molar-refractivity contribution >= 4 is 29.7 Å². The van der Waals surface area contributed by atoms with Crippen LogP contribution in [0.1, 0.15) is 43.9 Å². The molecule has 0 bridgehead atoms. The Morgan fingerprint density at radius 1 is 0.667 bits per heavy atom. The first-order valence-corrected chi connectivity index (χ1v) is 15.3. The maximum Gasteiger partial charge on any atom is 0.408 e. The van der Waals surface area contributed by atoms with Gasteiger partial charge in [-0.3, -0.25) is 19.2 Å². The highest BCUT2D eigenvalue weighted by Crippen LogP contribution is 2.16. The molecule has 48 heavy (non-hydrogen) atoms. The lowest BCUT2D eigenvalue weighted by Gasteiger charge is -2.25. The molecule has 0 unspecified atom stereocenters. The predicted octanol–water partition coefficient (Wildman–Crippen LogP) is 2.25. The van der Waals surface area contributed by atoms with Crippen LogP contribution in [0.25, 0.3) is 0 Å². The van der Waals surface area contributed by atoms with Crippen molar-refractivity contribution in [2.24, 2.45) is 11.5 Å². The van der Waals surface area contributed by atoms with Crippen LogP contribution < -0.4 is 32.2 Å². The third-order valence-corrected chi connectivity index (χ3v) is 6.71. The van der Waals surface area contributed by atoms with Gasteiger partial charge in [0.15, 0.2) is 0 Å². The summed E-state index contributed by atoms with van der Waals surface area (Å²) in [5.41, 5.74) is 12.6. The van der Waals surface area contributed by atoms with Crippen molar-refractivity contribution in [1.82, 2.24) is 16.0 Å². The average molecular weight is 662 g/mol. The summed E-state index contributed by atoms with van der Waals surface area (Å²) in [4.78, 5) is 63.4. The minimum Gasteiger partial charge on any atom is -0.489 e. The van der Waals surface area contributed by atoms with E-state index in [1.807, 2.05) is 60.7 Å². The van der Waals surface area contributed by atoms with Gasteiger partial charge in [0.05, 0.1) is 19.6 Å². The van der Waals surface area contributed by atoms with E-state index in [0.717, 1.165) is 11.1 Å². The predicted molar refractivity (Wildman–Crippen MR) is 177 cm³/mol. The van der Waals surface area contributed by atoms with E-state index in [4.69, 9.17) is 25.7 Å². The second-order valence-electron chi connectivity index (χ2n) is 12.0. The Labute approximate surface area is 279 Å². The van der Waals surface area contributed by atoms with E-state index in [0.29, 0.717) is 17.9 Å². The fourth-order valence-corrected chi connectivity index (χ4v) is 4.38. The van der Waals surface area contributed by atoms with Gasteiger partial charge in [-0.2, -0.15) is 0 Å². The van der Waals surface area contributed by atoms with E-state index in [2.05, 4.69) is 16.0 Å². The Bertz CT molecular complexity index is 1510. The third-order valence-electron chi connectivity index (χ3n) is 6.71. The van der Waals surface area contributed by atoms with Crippen molar-refractivity contribution in [2.75, 3.05) is 6.61 Å². The fraction of sp³-hybridized carbons (Fsp3) is 0.343. The van der Waals surface area contributed by atoms with Gasteiger partial charge >= 0.3 is 6.09 Å². The first kappa shape index (κ1) is 37.0. The lowest BCUT2D eigenvalue weighted by Crippen LogP contribution is -2.58. The van der Waals surface area contributed by atoms with E-state index in [1.54, 1.807) is 45.0 Å². The van der Waals surface area contributed by atoms with Crippen LogP contribution in [0.4, 0.5) is 4.79 Å². The summed E-state index contributed by atoms with van der Waals surface area (Å²) in [5.74, 6) is -2.74. The van der Waals surface area contributed by atoms with Gasteiger partial charge in [-0.15, -0.1) is 0 Å². The van der Waals surface area contributed by atoms with Gasteiger partial charge in [0.1, 0.15) is 36.1 Å². The number of nitrogens with one attached hydrogen (secondary N) is 3. The van der Waals surface area contributed by atoms with Crippen LogP contribution in [-0.4, -0.2) is 60.1 Å². The summed E-state index contributed by atoms with van der Waals surface area (Å²) in [7, 11) is 0. The van der Waals surface area contributed by atoms with E-state index in [1.165, 1.54) is 0 Å². The third kappa shape index (κ3) is 13.5. The molecule has 256 valence electrons. The SMILES string of the molecule is CC(C)(C)OC(=O)N[C@H](CC(N)=O)C(=O)N[C@H](COCc1ccccc1)C(=O)N[C@H](Cc1ccc(OCc2ccccc2)cc1)C(N)=O. The van der Waals surface area contributed by atoms with E-state index in [9.17, 15) is 24.0 Å². The maximum atomic E-state index is 13.5. The number of carbonyl (C=O) groups excluding carboxylic acids is 5. The molecule has 0 saturated carbocycles. The van der Waals surface area contributed by atoms with Crippen LogP contribution in [0.15, 0.2) is 84.9 Å². The highest BCUT2D eigenvalue weighted by molar-refractivity contribution is 5.95. The molecule has 0 heterocycles. The second-order valence-corrected chi connectivity index (χ2v) is 12.0. The lowest BCUT2D eigenvalue weighted by atomic mass is 10.0. The Morgan fingerprint density at radius 2 is 1.21 bits per heavy atom. The normalized spacial score (nSPS) is 12.9. The van der Waals surface area contributed by atoms with Crippen LogP contribution in [0.5, 0.6) is 5.75 Å². The van der Waals surface area contributed by atoms with Crippen LogP contribution in [0.3, 0.4) is 0 Å². The standard InChI is InChI=1S/C35H43N5O8/c1-35(2,3)48-34(45)40-28(19-30(36)41)32(43)39-29(22-46-20-24-10-6-4-7-11-24)33(44)38-27(31(37)42)18-23-14-16-26(17-15-23)47-21-25-12-8-5-9-13-25/h4-17,27-29H,18-22H2,1-3H3,(H2,36,41)(H2,37,42)(H,38,44)(H,39,43)(H,40,45)/t27-,28-,29-/m1/s1. The molecule has 0 saturated heterocycles. The molecule has 5 amide bonds. The smallest absolute Gasteiger partial charge is 0.408 e. The Hall–Kier alpha value is -5.43. The Kier molecular flexibility index (Phi) is 13.9. The molecule has 13 nitrogen and oxygen atoms in total. The molecule has 0 aromatic heterocycles.